The van der Waals surface area contributed by atoms with Crippen LogP contribution in [0, 0.1) is 0 Å². The molecule has 176 valence electrons. The summed E-state index contributed by atoms with van der Waals surface area (Å²) in [5, 5.41) is 6.11. The average Bonchev–Trinajstić information content (AvgIpc) is 2.95. The fourth-order valence-electron chi connectivity index (χ4n) is 3.76. The monoisotopic (exact) mass is 464 g/mol. The number of hydrogen-bond donors (Lipinski definition) is 2. The molecule has 1 saturated heterocycles. The molecule has 5 amide bonds. The van der Waals surface area contributed by atoms with Crippen molar-refractivity contribution >= 4 is 35.4 Å². The summed E-state index contributed by atoms with van der Waals surface area (Å²) < 4.78 is 0. The molecule has 2 rings (SSSR count). The Morgan fingerprint density at radius 2 is 1.44 bits per heavy atom. The third-order valence-electron chi connectivity index (χ3n) is 6.00. The zero-order valence-electron chi connectivity index (χ0n) is 19.4. The second-order valence-electron chi connectivity index (χ2n) is 8.23. The molecular formula is C23H33ClN4O4. The number of amides is 5. The maximum atomic E-state index is 13.6. The minimum atomic E-state index is -1.40. The normalized spacial score (nSPS) is 20.3. The number of carbonyl (C=O) groups is 4. The number of benzene rings is 1. The molecule has 1 aromatic rings. The molecule has 32 heavy (non-hydrogen) atoms. The maximum absolute atomic E-state index is 13.6. The Morgan fingerprint density at radius 1 is 0.938 bits per heavy atom. The van der Waals surface area contributed by atoms with Gasteiger partial charge in [0.1, 0.15) is 18.6 Å². The lowest BCUT2D eigenvalue weighted by Gasteiger charge is -2.34. The van der Waals surface area contributed by atoms with E-state index in [1.54, 1.807) is 31.2 Å². The molecule has 1 heterocycles. The van der Waals surface area contributed by atoms with E-state index in [0.29, 0.717) is 10.6 Å². The van der Waals surface area contributed by atoms with Crippen molar-refractivity contribution < 1.29 is 19.2 Å². The molecule has 0 unspecified atom stereocenters. The highest BCUT2D eigenvalue weighted by Gasteiger charge is 2.58. The van der Waals surface area contributed by atoms with E-state index in [9.17, 15) is 19.2 Å². The minimum Gasteiger partial charge on any atom is -0.352 e. The van der Waals surface area contributed by atoms with Crippen LogP contribution in [0.5, 0.6) is 0 Å². The number of carbonyl (C=O) groups excluding carboxylic acids is 4. The highest BCUT2D eigenvalue weighted by Crippen LogP contribution is 2.40. The molecule has 0 aromatic heterocycles. The van der Waals surface area contributed by atoms with Gasteiger partial charge in [0.05, 0.1) is 0 Å². The topological polar surface area (TPSA) is 98.8 Å². The van der Waals surface area contributed by atoms with Gasteiger partial charge in [-0.15, -0.1) is 0 Å². The van der Waals surface area contributed by atoms with Gasteiger partial charge in [0.15, 0.2) is 0 Å². The van der Waals surface area contributed by atoms with Crippen LogP contribution >= 0.6 is 11.6 Å². The molecule has 1 aliphatic heterocycles. The number of imide groups is 1. The van der Waals surface area contributed by atoms with Crippen LogP contribution in [0.25, 0.3) is 0 Å². The first-order valence-electron chi connectivity index (χ1n) is 11.1. The Morgan fingerprint density at radius 3 is 1.91 bits per heavy atom. The van der Waals surface area contributed by atoms with Crippen LogP contribution in [0.1, 0.15) is 59.4 Å². The van der Waals surface area contributed by atoms with Crippen LogP contribution < -0.4 is 10.6 Å². The van der Waals surface area contributed by atoms with Crippen molar-refractivity contribution in [3.05, 3.63) is 34.9 Å². The van der Waals surface area contributed by atoms with Gasteiger partial charge in [-0.1, -0.05) is 44.5 Å². The fourth-order valence-corrected chi connectivity index (χ4v) is 3.89. The highest BCUT2D eigenvalue weighted by atomic mass is 35.5. The van der Waals surface area contributed by atoms with Crippen LogP contribution in [0.2, 0.25) is 5.02 Å². The van der Waals surface area contributed by atoms with Crippen molar-refractivity contribution in [1.29, 1.82) is 0 Å². The van der Waals surface area contributed by atoms with Gasteiger partial charge in [-0.2, -0.15) is 0 Å². The van der Waals surface area contributed by atoms with E-state index >= 15 is 0 Å². The van der Waals surface area contributed by atoms with Gasteiger partial charge >= 0.3 is 6.03 Å². The van der Waals surface area contributed by atoms with Crippen molar-refractivity contribution in [3.63, 3.8) is 0 Å². The van der Waals surface area contributed by atoms with E-state index in [1.807, 2.05) is 27.7 Å². The van der Waals surface area contributed by atoms with Crippen molar-refractivity contribution in [2.45, 2.75) is 71.5 Å². The van der Waals surface area contributed by atoms with Gasteiger partial charge in [0.2, 0.25) is 11.8 Å². The van der Waals surface area contributed by atoms with Crippen LogP contribution in [-0.2, 0) is 19.9 Å². The summed E-state index contributed by atoms with van der Waals surface area (Å²) in [6.07, 6.45) is 1.69. The molecule has 8 nitrogen and oxygen atoms in total. The summed E-state index contributed by atoms with van der Waals surface area (Å²) in [6, 6.07) is 5.83. The lowest BCUT2D eigenvalue weighted by Crippen LogP contribution is -2.51. The van der Waals surface area contributed by atoms with E-state index in [1.165, 1.54) is 4.90 Å². The Hall–Kier alpha value is -2.61. The van der Waals surface area contributed by atoms with Gasteiger partial charge in [0, 0.05) is 17.1 Å². The largest absolute Gasteiger partial charge is 0.352 e. The van der Waals surface area contributed by atoms with E-state index in [4.69, 9.17) is 11.6 Å². The van der Waals surface area contributed by atoms with Gasteiger partial charge < -0.3 is 10.6 Å². The second kappa shape index (κ2) is 10.8. The molecular weight excluding hydrogens is 432 g/mol. The number of urea groups is 1. The van der Waals surface area contributed by atoms with Crippen LogP contribution in [0.3, 0.4) is 0 Å². The lowest BCUT2D eigenvalue weighted by atomic mass is 9.85. The zero-order valence-corrected chi connectivity index (χ0v) is 20.2. The predicted octanol–water partition coefficient (Wildman–Crippen LogP) is 3.04. The van der Waals surface area contributed by atoms with E-state index in [-0.39, 0.29) is 31.0 Å². The standard InChI is InChI=1S/C23H33ClN4O4/c1-6-15(4)25-19(29)13-27-21(31)23(8-3,17-9-11-18(24)12-10-17)28(22(27)32)14-20(30)26-16(5)7-2/h9-12,15-16H,6-8,13-14H2,1-5H3,(H,25,29)(H,26,30)/t15-,16-,23+/m0/s1. The van der Waals surface area contributed by atoms with Gasteiger partial charge in [-0.05, 0) is 50.8 Å². The predicted molar refractivity (Wildman–Crippen MR) is 123 cm³/mol. The van der Waals surface area contributed by atoms with E-state index in [0.717, 1.165) is 17.7 Å². The molecule has 0 saturated carbocycles. The van der Waals surface area contributed by atoms with Crippen LogP contribution in [0.4, 0.5) is 4.79 Å². The molecule has 2 N–H and O–H groups in total. The van der Waals surface area contributed by atoms with Crippen molar-refractivity contribution in [3.8, 4) is 0 Å². The first-order chi connectivity index (χ1) is 15.1. The molecule has 1 aliphatic rings. The third-order valence-corrected chi connectivity index (χ3v) is 6.25. The fraction of sp³-hybridized carbons (Fsp3) is 0.565. The minimum absolute atomic E-state index is 0.0696. The Balaban J connectivity index is 2.44. The summed E-state index contributed by atoms with van der Waals surface area (Å²) in [6.45, 7) is 8.67. The summed E-state index contributed by atoms with van der Waals surface area (Å²) in [5.41, 5.74) is -0.852. The molecule has 1 fully saturated rings. The number of nitrogens with zero attached hydrogens (tertiary/aromatic N) is 2. The number of rotatable bonds is 10. The summed E-state index contributed by atoms with van der Waals surface area (Å²) >= 11 is 6.03. The molecule has 0 radical (unpaired) electrons. The quantitative estimate of drug-likeness (QED) is 0.520. The van der Waals surface area contributed by atoms with Crippen molar-refractivity contribution in [1.82, 2.24) is 20.4 Å². The third kappa shape index (κ3) is 5.23. The number of hydrogen-bond acceptors (Lipinski definition) is 4. The molecule has 0 spiro atoms. The molecule has 9 heteroatoms. The molecule has 3 atom stereocenters. The van der Waals surface area contributed by atoms with Crippen molar-refractivity contribution in [2.75, 3.05) is 13.1 Å². The molecule has 1 aromatic carbocycles. The first-order valence-corrected chi connectivity index (χ1v) is 11.5. The molecule has 0 aliphatic carbocycles. The molecule has 0 bridgehead atoms. The number of nitrogens with one attached hydrogen (secondary N) is 2. The van der Waals surface area contributed by atoms with Crippen LogP contribution in [-0.4, -0.2) is 58.7 Å². The second-order valence-corrected chi connectivity index (χ2v) is 8.67. The van der Waals surface area contributed by atoms with E-state index in [2.05, 4.69) is 10.6 Å². The number of halogens is 1. The maximum Gasteiger partial charge on any atom is 0.328 e. The average molecular weight is 465 g/mol. The highest BCUT2D eigenvalue weighted by molar-refractivity contribution is 6.30. The van der Waals surface area contributed by atoms with E-state index < -0.39 is 29.9 Å². The Bertz CT molecular complexity index is 860. The van der Waals surface area contributed by atoms with Crippen molar-refractivity contribution in [2.24, 2.45) is 0 Å². The SMILES string of the molecule is CC[C@H](C)NC(=O)CN1C(=O)N(CC(=O)N[C@@H](C)CC)[C@](CC)(c2ccc(Cl)cc2)C1=O. The Kier molecular flexibility index (Phi) is 8.66. The lowest BCUT2D eigenvalue weighted by molar-refractivity contribution is -0.137. The zero-order chi connectivity index (χ0) is 24.1. The summed E-state index contributed by atoms with van der Waals surface area (Å²) in [4.78, 5) is 54.4. The van der Waals surface area contributed by atoms with Crippen LogP contribution in [0.15, 0.2) is 24.3 Å². The Labute approximate surface area is 194 Å². The summed E-state index contributed by atoms with van der Waals surface area (Å²) in [7, 11) is 0. The van der Waals surface area contributed by atoms with Gasteiger partial charge in [-0.25, -0.2) is 4.79 Å². The van der Waals surface area contributed by atoms with Gasteiger partial charge in [0.25, 0.3) is 5.91 Å². The first kappa shape index (κ1) is 25.6. The smallest absolute Gasteiger partial charge is 0.328 e. The van der Waals surface area contributed by atoms with Gasteiger partial charge in [-0.3, -0.25) is 24.2 Å². The summed E-state index contributed by atoms with van der Waals surface area (Å²) in [5.74, 6) is -1.31.